The first-order chi connectivity index (χ1) is 7.50. The Bertz CT molecular complexity index is 349. The minimum atomic E-state index is 0.147. The topological polar surface area (TPSA) is 45.2 Å². The molecule has 0 aliphatic heterocycles. The molecule has 1 unspecified atom stereocenters. The lowest BCUT2D eigenvalue weighted by Gasteiger charge is -2.13. The van der Waals surface area contributed by atoms with Crippen LogP contribution in [0.2, 0.25) is 0 Å². The van der Waals surface area contributed by atoms with E-state index in [0.717, 1.165) is 10.7 Å². The highest BCUT2D eigenvalue weighted by molar-refractivity contribution is 7.09. The lowest BCUT2D eigenvalue weighted by molar-refractivity contribution is -0.128. The van der Waals surface area contributed by atoms with Crippen molar-refractivity contribution in [3.63, 3.8) is 0 Å². The van der Waals surface area contributed by atoms with Crippen LogP contribution in [0.4, 0.5) is 0 Å². The fourth-order valence-corrected chi connectivity index (χ4v) is 2.01. The minimum Gasteiger partial charge on any atom is -0.349 e. The van der Waals surface area contributed by atoms with Crippen molar-refractivity contribution in [2.45, 2.75) is 26.3 Å². The van der Waals surface area contributed by atoms with E-state index in [1.165, 1.54) is 0 Å². The summed E-state index contributed by atoms with van der Waals surface area (Å²) in [5, 5.41) is 6.43. The maximum Gasteiger partial charge on any atom is 0.223 e. The third kappa shape index (κ3) is 3.90. The van der Waals surface area contributed by atoms with Crippen LogP contribution >= 0.6 is 11.3 Å². The average molecular weight is 241 g/mol. The van der Waals surface area contributed by atoms with Crippen LogP contribution in [0.1, 0.15) is 30.1 Å². The van der Waals surface area contributed by atoms with Gasteiger partial charge >= 0.3 is 0 Å². The highest BCUT2D eigenvalue weighted by Gasteiger charge is 2.09. The molecule has 0 aromatic carbocycles. The molecule has 0 aliphatic carbocycles. The second-order valence-electron chi connectivity index (χ2n) is 4.01. The lowest BCUT2D eigenvalue weighted by atomic mass is 10.2. The van der Waals surface area contributed by atoms with Crippen LogP contribution in [0.15, 0.2) is 5.38 Å². The summed E-state index contributed by atoms with van der Waals surface area (Å²) >= 11 is 1.65. The average Bonchev–Trinajstić information content (AvgIpc) is 2.64. The molecule has 90 valence electrons. The van der Waals surface area contributed by atoms with Gasteiger partial charge in [0.15, 0.2) is 0 Å². The van der Waals surface area contributed by atoms with E-state index in [-0.39, 0.29) is 11.9 Å². The molecule has 0 saturated heterocycles. The predicted molar refractivity (Wildman–Crippen MR) is 66.6 cm³/mol. The molecule has 1 atom stereocenters. The monoisotopic (exact) mass is 241 g/mol. The van der Waals surface area contributed by atoms with E-state index in [0.29, 0.717) is 13.0 Å². The van der Waals surface area contributed by atoms with Crippen molar-refractivity contribution in [3.8, 4) is 0 Å². The molecule has 5 heteroatoms. The fourth-order valence-electron chi connectivity index (χ4n) is 1.30. The van der Waals surface area contributed by atoms with Crippen molar-refractivity contribution in [3.05, 3.63) is 16.1 Å². The largest absolute Gasteiger partial charge is 0.349 e. The normalized spacial score (nSPS) is 12.5. The molecule has 0 fully saturated rings. The fraction of sp³-hybridized carbons (Fsp3) is 0.636. The van der Waals surface area contributed by atoms with E-state index in [4.69, 9.17) is 0 Å². The Balaban J connectivity index is 2.31. The maximum atomic E-state index is 11.3. The van der Waals surface area contributed by atoms with Crippen molar-refractivity contribution in [2.75, 3.05) is 20.6 Å². The van der Waals surface area contributed by atoms with Gasteiger partial charge < -0.3 is 10.2 Å². The van der Waals surface area contributed by atoms with E-state index >= 15 is 0 Å². The zero-order valence-electron chi connectivity index (χ0n) is 10.3. The zero-order valence-corrected chi connectivity index (χ0v) is 11.1. The van der Waals surface area contributed by atoms with Gasteiger partial charge in [-0.2, -0.15) is 0 Å². The smallest absolute Gasteiger partial charge is 0.223 e. The standard InChI is InChI=1S/C11H19N3OS/c1-8(10-7-16-9(2)13-10)12-6-5-11(15)14(3)4/h7-8,12H,5-6H2,1-4H3. The van der Waals surface area contributed by atoms with Crippen LogP contribution in [-0.2, 0) is 4.79 Å². The Morgan fingerprint density at radius 2 is 2.31 bits per heavy atom. The van der Waals surface area contributed by atoms with E-state index in [1.807, 2.05) is 6.92 Å². The number of amides is 1. The number of carbonyl (C=O) groups excluding carboxylic acids is 1. The third-order valence-corrected chi connectivity index (χ3v) is 3.16. The summed E-state index contributed by atoms with van der Waals surface area (Å²) in [6, 6.07) is 0.208. The predicted octanol–water partition coefficient (Wildman–Crippen LogP) is 1.58. The van der Waals surface area contributed by atoms with Gasteiger partial charge in [0.25, 0.3) is 0 Å². The number of hydrogen-bond acceptors (Lipinski definition) is 4. The second-order valence-corrected chi connectivity index (χ2v) is 5.07. The molecule has 0 saturated carbocycles. The van der Waals surface area contributed by atoms with E-state index < -0.39 is 0 Å². The van der Waals surface area contributed by atoms with Gasteiger partial charge in [-0.1, -0.05) is 0 Å². The quantitative estimate of drug-likeness (QED) is 0.851. The molecule has 1 aromatic heterocycles. The number of nitrogens with zero attached hydrogens (tertiary/aromatic N) is 2. The Morgan fingerprint density at radius 1 is 1.62 bits per heavy atom. The number of carbonyl (C=O) groups is 1. The summed E-state index contributed by atoms with van der Waals surface area (Å²) in [7, 11) is 3.55. The Hall–Kier alpha value is -0.940. The first-order valence-electron chi connectivity index (χ1n) is 5.36. The molecule has 1 aromatic rings. The van der Waals surface area contributed by atoms with Crippen molar-refractivity contribution in [2.24, 2.45) is 0 Å². The first kappa shape index (κ1) is 13.1. The van der Waals surface area contributed by atoms with Crippen molar-refractivity contribution >= 4 is 17.2 Å². The molecule has 0 radical (unpaired) electrons. The summed E-state index contributed by atoms with van der Waals surface area (Å²) < 4.78 is 0. The van der Waals surface area contributed by atoms with Gasteiger partial charge in [-0.25, -0.2) is 4.98 Å². The van der Waals surface area contributed by atoms with Crippen LogP contribution in [0, 0.1) is 6.92 Å². The highest BCUT2D eigenvalue weighted by atomic mass is 32.1. The van der Waals surface area contributed by atoms with Gasteiger partial charge in [0, 0.05) is 38.5 Å². The summed E-state index contributed by atoms with van der Waals surface area (Å²) in [6.45, 7) is 4.75. The molecule has 0 spiro atoms. The van der Waals surface area contributed by atoms with Crippen molar-refractivity contribution < 1.29 is 4.79 Å². The third-order valence-electron chi connectivity index (χ3n) is 2.37. The van der Waals surface area contributed by atoms with Crippen LogP contribution in [0.3, 0.4) is 0 Å². The molecule has 1 N–H and O–H groups in total. The molecular weight excluding hydrogens is 222 g/mol. The van der Waals surface area contributed by atoms with Gasteiger partial charge in [-0.15, -0.1) is 11.3 Å². The summed E-state index contributed by atoms with van der Waals surface area (Å²) in [6.07, 6.45) is 0.528. The van der Waals surface area contributed by atoms with E-state index in [1.54, 1.807) is 30.3 Å². The molecule has 16 heavy (non-hydrogen) atoms. The maximum absolute atomic E-state index is 11.3. The van der Waals surface area contributed by atoms with Crippen LogP contribution < -0.4 is 5.32 Å². The molecule has 0 bridgehead atoms. The molecule has 0 aliphatic rings. The van der Waals surface area contributed by atoms with E-state index in [2.05, 4.69) is 22.6 Å². The summed E-state index contributed by atoms with van der Waals surface area (Å²) in [4.78, 5) is 17.4. The summed E-state index contributed by atoms with van der Waals surface area (Å²) in [5.74, 6) is 0.147. The summed E-state index contributed by atoms with van der Waals surface area (Å²) in [5.41, 5.74) is 1.06. The molecular formula is C11H19N3OS. The van der Waals surface area contributed by atoms with Gasteiger partial charge in [-0.05, 0) is 13.8 Å². The number of aromatic nitrogens is 1. The van der Waals surface area contributed by atoms with Crippen LogP contribution in [-0.4, -0.2) is 36.4 Å². The number of aryl methyl sites for hydroxylation is 1. The van der Waals surface area contributed by atoms with Crippen LogP contribution in [0.25, 0.3) is 0 Å². The second kappa shape index (κ2) is 5.96. The van der Waals surface area contributed by atoms with Crippen molar-refractivity contribution in [1.82, 2.24) is 15.2 Å². The number of thiazole rings is 1. The number of rotatable bonds is 5. The number of nitrogens with one attached hydrogen (secondary N) is 1. The van der Waals surface area contributed by atoms with Gasteiger partial charge in [0.1, 0.15) is 0 Å². The molecule has 1 heterocycles. The van der Waals surface area contributed by atoms with Crippen molar-refractivity contribution in [1.29, 1.82) is 0 Å². The van der Waals surface area contributed by atoms with Gasteiger partial charge in [-0.3, -0.25) is 4.79 Å². The van der Waals surface area contributed by atoms with Crippen LogP contribution in [0.5, 0.6) is 0 Å². The molecule has 4 nitrogen and oxygen atoms in total. The Morgan fingerprint density at radius 3 is 2.81 bits per heavy atom. The van der Waals surface area contributed by atoms with E-state index in [9.17, 15) is 4.79 Å². The Kier molecular flexibility index (Phi) is 4.89. The SMILES string of the molecule is Cc1nc(C(C)NCCC(=O)N(C)C)cs1. The Labute approximate surface area is 101 Å². The number of hydrogen-bond donors (Lipinski definition) is 1. The first-order valence-corrected chi connectivity index (χ1v) is 6.24. The molecule has 1 amide bonds. The zero-order chi connectivity index (χ0) is 12.1. The molecule has 1 rings (SSSR count). The lowest BCUT2D eigenvalue weighted by Crippen LogP contribution is -2.28. The van der Waals surface area contributed by atoms with Gasteiger partial charge in [0.2, 0.25) is 5.91 Å². The van der Waals surface area contributed by atoms with Gasteiger partial charge in [0.05, 0.1) is 10.7 Å². The highest BCUT2D eigenvalue weighted by Crippen LogP contribution is 2.15. The minimum absolute atomic E-state index is 0.147.